The average molecular weight is 212 g/mol. The van der Waals surface area contributed by atoms with Crippen LogP contribution in [0.15, 0.2) is 18.2 Å². The largest absolute Gasteiger partial charge is 0.349 e. The quantitative estimate of drug-likeness (QED) is 0.583. The number of hydrogen-bond donors (Lipinski definition) is 1. The zero-order valence-electron chi connectivity index (χ0n) is 8.12. The van der Waals surface area contributed by atoms with E-state index in [1.165, 1.54) is 0 Å². The van der Waals surface area contributed by atoms with Crippen molar-refractivity contribution in [2.45, 2.75) is 19.8 Å². The van der Waals surface area contributed by atoms with E-state index in [1.54, 1.807) is 6.07 Å². The molecule has 1 aromatic rings. The SMILES string of the molecule is C=C(C)C(C)c1cc(Cl)c(F)c2c1N2. The molecular formula is C11H11ClFN. The zero-order chi connectivity index (χ0) is 10.5. The van der Waals surface area contributed by atoms with Crippen molar-refractivity contribution in [2.75, 3.05) is 5.32 Å². The first kappa shape index (κ1) is 9.53. The minimum Gasteiger partial charge on any atom is -0.349 e. The van der Waals surface area contributed by atoms with Crippen molar-refractivity contribution in [3.05, 3.63) is 34.6 Å². The number of fused-ring (bicyclic) bond motifs is 1. The van der Waals surface area contributed by atoms with E-state index in [0.717, 1.165) is 16.8 Å². The van der Waals surface area contributed by atoms with E-state index in [1.807, 2.05) is 13.8 Å². The van der Waals surface area contributed by atoms with Crippen molar-refractivity contribution in [1.29, 1.82) is 0 Å². The summed E-state index contributed by atoms with van der Waals surface area (Å²) in [6.45, 7) is 7.87. The molecule has 0 saturated carbocycles. The fourth-order valence-electron chi connectivity index (χ4n) is 1.47. The third-order valence-corrected chi connectivity index (χ3v) is 2.92. The Morgan fingerprint density at radius 3 is 2.79 bits per heavy atom. The van der Waals surface area contributed by atoms with Gasteiger partial charge in [-0.05, 0) is 18.6 Å². The molecule has 0 aliphatic carbocycles. The minimum atomic E-state index is -0.348. The number of hydrogen-bond acceptors (Lipinski definition) is 1. The van der Waals surface area contributed by atoms with Crippen LogP contribution in [0, 0.1) is 5.82 Å². The van der Waals surface area contributed by atoms with Crippen LogP contribution in [0.25, 0.3) is 0 Å². The van der Waals surface area contributed by atoms with Crippen LogP contribution in [0.1, 0.15) is 25.3 Å². The maximum atomic E-state index is 13.2. The van der Waals surface area contributed by atoms with Gasteiger partial charge in [0.25, 0.3) is 0 Å². The lowest BCUT2D eigenvalue weighted by atomic mass is 9.95. The first-order chi connectivity index (χ1) is 6.52. The summed E-state index contributed by atoms with van der Waals surface area (Å²) in [5, 5.41) is 3.08. The van der Waals surface area contributed by atoms with Gasteiger partial charge >= 0.3 is 0 Å². The Hall–Kier alpha value is -1.02. The molecule has 1 heterocycles. The van der Waals surface area contributed by atoms with Gasteiger partial charge in [-0.1, -0.05) is 30.7 Å². The molecule has 1 aromatic carbocycles. The van der Waals surface area contributed by atoms with Gasteiger partial charge in [0.2, 0.25) is 0 Å². The lowest BCUT2D eigenvalue weighted by Gasteiger charge is -2.10. The molecule has 1 aliphatic rings. The van der Waals surface area contributed by atoms with Gasteiger partial charge in [-0.15, -0.1) is 0 Å². The summed E-state index contributed by atoms with van der Waals surface area (Å²) < 4.78 is 13.2. The van der Waals surface area contributed by atoms with E-state index in [-0.39, 0.29) is 16.8 Å². The Bertz CT molecular complexity index is 422. The summed E-state index contributed by atoms with van der Waals surface area (Å²) in [4.78, 5) is 0. The summed E-state index contributed by atoms with van der Waals surface area (Å²) >= 11 is 5.76. The van der Waals surface area contributed by atoms with Crippen LogP contribution in [-0.4, -0.2) is 0 Å². The molecule has 0 amide bonds. The van der Waals surface area contributed by atoms with Crippen molar-refractivity contribution >= 4 is 23.0 Å². The second kappa shape index (κ2) is 2.99. The first-order valence-corrected chi connectivity index (χ1v) is 4.84. The molecule has 0 radical (unpaired) electrons. The van der Waals surface area contributed by atoms with Gasteiger partial charge in [-0.3, -0.25) is 0 Å². The van der Waals surface area contributed by atoms with Crippen molar-refractivity contribution in [3.63, 3.8) is 0 Å². The Morgan fingerprint density at radius 2 is 2.21 bits per heavy atom. The summed E-state index contributed by atoms with van der Waals surface area (Å²) in [7, 11) is 0. The van der Waals surface area contributed by atoms with Gasteiger partial charge in [0.1, 0.15) is 5.69 Å². The molecule has 74 valence electrons. The highest BCUT2D eigenvalue weighted by Gasteiger charge is 2.29. The Morgan fingerprint density at radius 1 is 1.57 bits per heavy atom. The molecule has 0 aromatic heterocycles. The fourth-order valence-corrected chi connectivity index (χ4v) is 1.69. The smallest absolute Gasteiger partial charge is 0.167 e. The van der Waals surface area contributed by atoms with Crippen LogP contribution >= 0.6 is 11.6 Å². The molecule has 1 atom stereocenters. The molecule has 1 unspecified atom stereocenters. The van der Waals surface area contributed by atoms with Crippen LogP contribution < -0.4 is 5.32 Å². The molecule has 0 bridgehead atoms. The fraction of sp³-hybridized carbons (Fsp3) is 0.273. The van der Waals surface area contributed by atoms with Gasteiger partial charge in [-0.2, -0.15) is 0 Å². The molecule has 0 saturated heterocycles. The predicted octanol–water partition coefficient (Wildman–Crippen LogP) is 4.22. The van der Waals surface area contributed by atoms with Gasteiger partial charge in [-0.25, -0.2) is 4.39 Å². The van der Waals surface area contributed by atoms with Crippen molar-refractivity contribution in [3.8, 4) is 0 Å². The van der Waals surface area contributed by atoms with E-state index >= 15 is 0 Å². The van der Waals surface area contributed by atoms with E-state index in [9.17, 15) is 4.39 Å². The molecule has 1 nitrogen and oxygen atoms in total. The summed E-state index contributed by atoms with van der Waals surface area (Å²) in [5.74, 6) is -0.142. The highest BCUT2D eigenvalue weighted by molar-refractivity contribution is 6.31. The Labute approximate surface area is 87.6 Å². The summed E-state index contributed by atoms with van der Waals surface area (Å²) in [6.07, 6.45) is 0. The molecule has 1 aliphatic heterocycles. The normalized spacial score (nSPS) is 14.3. The number of halogens is 2. The highest BCUT2D eigenvalue weighted by atomic mass is 35.5. The maximum Gasteiger partial charge on any atom is 0.167 e. The van der Waals surface area contributed by atoms with Crippen LogP contribution in [0.4, 0.5) is 15.8 Å². The van der Waals surface area contributed by atoms with E-state index < -0.39 is 0 Å². The lowest BCUT2D eigenvalue weighted by molar-refractivity contribution is 0.636. The Kier molecular flexibility index (Phi) is 2.04. The molecule has 0 fully saturated rings. The minimum absolute atomic E-state index is 0.178. The summed E-state index contributed by atoms with van der Waals surface area (Å²) in [5.41, 5.74) is 3.49. The van der Waals surface area contributed by atoms with Crippen LogP contribution in [0.5, 0.6) is 0 Å². The maximum absolute atomic E-state index is 13.2. The standard InChI is InChI=1S/C11H11ClFN/c1-5(2)6(3)7-4-8(12)9(13)11-10(7)14-11/h4,6,14H,1H2,2-3H3. The zero-order valence-corrected chi connectivity index (χ0v) is 8.87. The number of nitrogens with one attached hydrogen (secondary N) is 1. The van der Waals surface area contributed by atoms with Crippen molar-refractivity contribution < 1.29 is 4.39 Å². The van der Waals surface area contributed by atoms with Gasteiger partial charge in [0, 0.05) is 5.92 Å². The predicted molar refractivity (Wildman–Crippen MR) is 57.9 cm³/mol. The number of anilines is 2. The second-order valence-electron chi connectivity index (χ2n) is 3.70. The first-order valence-electron chi connectivity index (χ1n) is 4.46. The molecule has 2 rings (SSSR count). The van der Waals surface area contributed by atoms with E-state index in [0.29, 0.717) is 5.69 Å². The van der Waals surface area contributed by atoms with Gasteiger partial charge in [0.05, 0.1) is 10.7 Å². The third-order valence-electron chi connectivity index (χ3n) is 2.64. The molecule has 3 heteroatoms. The number of benzene rings is 1. The van der Waals surface area contributed by atoms with E-state index in [4.69, 9.17) is 11.6 Å². The molecule has 0 spiro atoms. The van der Waals surface area contributed by atoms with Crippen molar-refractivity contribution in [1.82, 2.24) is 0 Å². The van der Waals surface area contributed by atoms with Gasteiger partial charge < -0.3 is 5.32 Å². The van der Waals surface area contributed by atoms with Crippen LogP contribution in [0.2, 0.25) is 5.02 Å². The molecule has 1 N–H and O–H groups in total. The topological polar surface area (TPSA) is 21.9 Å². The molecule has 14 heavy (non-hydrogen) atoms. The van der Waals surface area contributed by atoms with Crippen LogP contribution in [-0.2, 0) is 0 Å². The van der Waals surface area contributed by atoms with Crippen LogP contribution in [0.3, 0.4) is 0 Å². The Balaban J connectivity index is 2.48. The average Bonchev–Trinajstić information content (AvgIpc) is 2.89. The summed E-state index contributed by atoms with van der Waals surface area (Å²) in [6, 6.07) is 1.68. The monoisotopic (exact) mass is 211 g/mol. The number of allylic oxidation sites excluding steroid dienone is 1. The van der Waals surface area contributed by atoms with Crippen molar-refractivity contribution in [2.24, 2.45) is 0 Å². The van der Waals surface area contributed by atoms with Gasteiger partial charge in [0.15, 0.2) is 5.82 Å². The second-order valence-corrected chi connectivity index (χ2v) is 4.11. The highest BCUT2D eigenvalue weighted by Crippen LogP contribution is 2.50. The number of rotatable bonds is 2. The van der Waals surface area contributed by atoms with E-state index in [2.05, 4.69) is 11.9 Å². The third kappa shape index (κ3) is 1.30. The molecular weight excluding hydrogens is 201 g/mol. The lowest BCUT2D eigenvalue weighted by Crippen LogP contribution is -1.93.